The third kappa shape index (κ3) is 1.22. The number of fused-ring (bicyclic) bond motifs is 9. The summed E-state index contributed by atoms with van der Waals surface area (Å²) in [7, 11) is 0. The van der Waals surface area contributed by atoms with Crippen molar-refractivity contribution in [2.45, 2.75) is 83.1 Å². The van der Waals surface area contributed by atoms with E-state index in [0.29, 0.717) is 43.3 Å². The standard InChI is InChI=1S/C24H40.C2H2/c1-17(2)18(3,4)24(12)16-15(23(17,11)20(24,7)8)21(9)13-14-22(16,10)19(21,5)6;1-2/h13-16H,1-12H3;1-2H. The molecule has 6 unspecified atom stereocenters. The Morgan fingerprint density at radius 1 is 0.462 bits per heavy atom. The maximum absolute atomic E-state index is 4.00. The van der Waals surface area contributed by atoms with E-state index in [1.165, 1.54) is 0 Å². The van der Waals surface area contributed by atoms with Gasteiger partial charge in [0.15, 0.2) is 0 Å². The van der Waals surface area contributed by atoms with Crippen molar-refractivity contribution in [1.29, 1.82) is 0 Å². The predicted octanol–water partition coefficient (Wildman–Crippen LogP) is 7.21. The van der Waals surface area contributed by atoms with Gasteiger partial charge in [0.25, 0.3) is 0 Å². The van der Waals surface area contributed by atoms with Crippen LogP contribution in [0.3, 0.4) is 0 Å². The number of terminal acetylenes is 1. The normalized spacial score (nSPS) is 55.3. The summed E-state index contributed by atoms with van der Waals surface area (Å²) < 4.78 is 0. The fourth-order valence-corrected chi connectivity index (χ4v) is 9.84. The summed E-state index contributed by atoms with van der Waals surface area (Å²) in [5.41, 5.74) is 2.64. The van der Waals surface area contributed by atoms with E-state index >= 15 is 0 Å². The largest absolute Gasteiger partial charge is 0.124 e. The van der Waals surface area contributed by atoms with E-state index in [4.69, 9.17) is 0 Å². The highest BCUT2D eigenvalue weighted by Gasteiger charge is 2.92. The molecule has 0 saturated heterocycles. The first-order chi connectivity index (χ1) is 11.4. The van der Waals surface area contributed by atoms with Gasteiger partial charge in [-0.05, 0) is 55.2 Å². The van der Waals surface area contributed by atoms with Crippen LogP contribution in [0.15, 0.2) is 12.2 Å². The summed E-state index contributed by atoms with van der Waals surface area (Å²) in [4.78, 5) is 0. The summed E-state index contributed by atoms with van der Waals surface area (Å²) in [6, 6.07) is 0. The average Bonchev–Trinajstić information content (AvgIpc) is 2.90. The van der Waals surface area contributed by atoms with E-state index < -0.39 is 0 Å². The maximum atomic E-state index is 4.00. The predicted molar refractivity (Wildman–Crippen MR) is 114 cm³/mol. The number of hydrogen-bond donors (Lipinski definition) is 0. The van der Waals surface area contributed by atoms with E-state index in [1.807, 2.05) is 0 Å². The second-order valence-electron chi connectivity index (χ2n) is 12.8. The van der Waals surface area contributed by atoms with Gasteiger partial charge >= 0.3 is 0 Å². The highest BCUT2D eigenvalue weighted by molar-refractivity contribution is 5.45. The molecule has 6 atom stereocenters. The average molecular weight is 355 g/mol. The van der Waals surface area contributed by atoms with E-state index in [2.05, 4.69) is 108 Å². The van der Waals surface area contributed by atoms with Crippen LogP contribution in [0.4, 0.5) is 0 Å². The molecule has 4 aliphatic rings. The highest BCUT2D eigenvalue weighted by atomic mass is 15.0. The smallest absolute Gasteiger partial charge is 0.00499 e. The lowest BCUT2D eigenvalue weighted by Gasteiger charge is -2.62. The first-order valence-corrected chi connectivity index (χ1v) is 10.5. The van der Waals surface area contributed by atoms with Crippen LogP contribution in [0.2, 0.25) is 0 Å². The molecule has 0 aliphatic heterocycles. The Kier molecular flexibility index (Phi) is 3.33. The Balaban J connectivity index is 0.000000948. The molecule has 3 fully saturated rings. The molecule has 0 aromatic heterocycles. The zero-order valence-corrected chi connectivity index (χ0v) is 19.5. The lowest BCUT2D eigenvalue weighted by Crippen LogP contribution is -2.57. The van der Waals surface area contributed by atoms with Crippen molar-refractivity contribution in [3.05, 3.63) is 12.2 Å². The molecule has 0 amide bonds. The third-order valence-electron chi connectivity index (χ3n) is 13.1. The van der Waals surface area contributed by atoms with Crippen LogP contribution in [-0.4, -0.2) is 0 Å². The molecule has 4 bridgehead atoms. The molecule has 0 N–H and O–H groups in total. The van der Waals surface area contributed by atoms with Gasteiger partial charge in [0.1, 0.15) is 0 Å². The van der Waals surface area contributed by atoms with Gasteiger partial charge < -0.3 is 0 Å². The molecule has 0 aromatic carbocycles. The Morgan fingerprint density at radius 3 is 1.00 bits per heavy atom. The summed E-state index contributed by atoms with van der Waals surface area (Å²) in [6.07, 6.45) is 13.3. The molecular weight excluding hydrogens is 312 g/mol. The summed E-state index contributed by atoms with van der Waals surface area (Å²) >= 11 is 0. The fourth-order valence-electron chi connectivity index (χ4n) is 9.84. The Bertz CT molecular complexity index is 660. The van der Waals surface area contributed by atoms with Crippen molar-refractivity contribution in [2.75, 3.05) is 0 Å². The van der Waals surface area contributed by atoms with Gasteiger partial charge in [0.2, 0.25) is 0 Å². The Morgan fingerprint density at radius 2 is 0.731 bits per heavy atom. The summed E-state index contributed by atoms with van der Waals surface area (Å²) in [5, 5.41) is 0. The topological polar surface area (TPSA) is 0 Å². The lowest BCUT2D eigenvalue weighted by atomic mass is 9.42. The van der Waals surface area contributed by atoms with E-state index in [1.54, 1.807) is 0 Å². The van der Waals surface area contributed by atoms with Crippen LogP contribution < -0.4 is 0 Å². The molecule has 4 aliphatic carbocycles. The van der Waals surface area contributed by atoms with Gasteiger partial charge in [-0.3, -0.25) is 0 Å². The molecule has 0 heteroatoms. The van der Waals surface area contributed by atoms with Crippen LogP contribution in [0.5, 0.6) is 0 Å². The number of rotatable bonds is 0. The Labute approximate surface area is 163 Å². The zero-order valence-electron chi connectivity index (χ0n) is 19.5. The molecule has 0 spiro atoms. The van der Waals surface area contributed by atoms with Crippen molar-refractivity contribution < 1.29 is 0 Å². The fraction of sp³-hybridized carbons (Fsp3) is 0.846. The molecule has 0 radical (unpaired) electrons. The second kappa shape index (κ2) is 4.31. The van der Waals surface area contributed by atoms with Gasteiger partial charge in [0.05, 0.1) is 0 Å². The van der Waals surface area contributed by atoms with Crippen molar-refractivity contribution >= 4 is 0 Å². The van der Waals surface area contributed by atoms with Crippen molar-refractivity contribution in [1.82, 2.24) is 0 Å². The first-order valence-electron chi connectivity index (χ1n) is 10.5. The minimum atomic E-state index is 0.309. The lowest BCUT2D eigenvalue weighted by molar-refractivity contribution is -0.138. The van der Waals surface area contributed by atoms with Gasteiger partial charge in [-0.1, -0.05) is 95.2 Å². The van der Waals surface area contributed by atoms with Crippen LogP contribution in [0.25, 0.3) is 0 Å². The van der Waals surface area contributed by atoms with Gasteiger partial charge in [-0.25, -0.2) is 0 Å². The minimum Gasteiger partial charge on any atom is -0.124 e. The van der Waals surface area contributed by atoms with Crippen molar-refractivity contribution in [2.24, 2.45) is 55.2 Å². The molecule has 0 aromatic rings. The minimum absolute atomic E-state index is 0.309. The zero-order chi connectivity index (χ0) is 20.6. The molecule has 4 rings (SSSR count). The number of allylic oxidation sites excluding steroid dienone is 2. The molecule has 0 nitrogen and oxygen atoms in total. The second-order valence-corrected chi connectivity index (χ2v) is 12.8. The van der Waals surface area contributed by atoms with Crippen LogP contribution in [0, 0.1) is 68.0 Å². The van der Waals surface area contributed by atoms with Crippen LogP contribution >= 0.6 is 0 Å². The van der Waals surface area contributed by atoms with Gasteiger partial charge in [-0.2, -0.15) is 0 Å². The third-order valence-corrected chi connectivity index (χ3v) is 13.1. The number of hydrogen-bond acceptors (Lipinski definition) is 0. The summed E-state index contributed by atoms with van der Waals surface area (Å²) in [5.74, 6) is 1.55. The summed E-state index contributed by atoms with van der Waals surface area (Å²) in [6.45, 7) is 31.2. The van der Waals surface area contributed by atoms with Crippen molar-refractivity contribution in [3.8, 4) is 12.8 Å². The monoisotopic (exact) mass is 354 g/mol. The Hall–Kier alpha value is -0.700. The SMILES string of the molecule is C#C.CC12C=CC(C)(C3C1C1(C)C(C)(C)C(C)(C)C3(C)C1(C)C)C2(C)C. The van der Waals surface area contributed by atoms with Crippen LogP contribution in [0.1, 0.15) is 83.1 Å². The maximum Gasteiger partial charge on any atom is -0.00499 e. The highest BCUT2D eigenvalue weighted by Crippen LogP contribution is 2.96. The molecular formula is C26H42. The van der Waals surface area contributed by atoms with Gasteiger partial charge in [0, 0.05) is 0 Å². The van der Waals surface area contributed by atoms with E-state index in [0.717, 1.165) is 11.8 Å². The molecule has 3 saturated carbocycles. The van der Waals surface area contributed by atoms with Gasteiger partial charge in [-0.15, -0.1) is 12.8 Å². The molecule has 146 valence electrons. The van der Waals surface area contributed by atoms with Crippen LogP contribution in [-0.2, 0) is 0 Å². The first kappa shape index (κ1) is 20.0. The molecule has 0 heterocycles. The quantitative estimate of drug-likeness (QED) is 0.245. The van der Waals surface area contributed by atoms with E-state index in [-0.39, 0.29) is 0 Å². The van der Waals surface area contributed by atoms with E-state index in [9.17, 15) is 0 Å². The van der Waals surface area contributed by atoms with Crippen molar-refractivity contribution in [3.63, 3.8) is 0 Å². The molecule has 26 heavy (non-hydrogen) atoms.